The maximum absolute atomic E-state index is 9.25. The molecule has 0 spiro atoms. The van der Waals surface area contributed by atoms with Gasteiger partial charge in [0.2, 0.25) is 0 Å². The quantitative estimate of drug-likeness (QED) is 0.660. The van der Waals surface area contributed by atoms with Crippen molar-refractivity contribution in [3.63, 3.8) is 0 Å². The standard InChI is InChI=1S/C9H12N2O/c1-7(12)9(11-10)8-5-3-2-4-6-8/h2-7,9-10,12H,1H3/t7-,9-/m1/s1. The van der Waals surface area contributed by atoms with Crippen LogP contribution in [0.1, 0.15) is 18.5 Å². The second-order valence-electron chi connectivity index (χ2n) is 2.73. The van der Waals surface area contributed by atoms with Gasteiger partial charge in [-0.3, -0.25) is 0 Å². The van der Waals surface area contributed by atoms with Crippen LogP contribution in [0, 0.1) is 5.53 Å². The first-order valence-electron chi connectivity index (χ1n) is 3.85. The number of aliphatic hydroxyl groups is 1. The van der Waals surface area contributed by atoms with Gasteiger partial charge in [-0.25, -0.2) is 5.53 Å². The lowest BCUT2D eigenvalue weighted by Crippen LogP contribution is -2.11. The molecule has 0 heterocycles. The molecule has 1 rings (SSSR count). The number of rotatable bonds is 3. The molecule has 0 aromatic heterocycles. The number of nitrogens with one attached hydrogen (secondary N) is 1. The summed E-state index contributed by atoms with van der Waals surface area (Å²) in [5.41, 5.74) is 7.77. The molecule has 3 nitrogen and oxygen atoms in total. The van der Waals surface area contributed by atoms with E-state index in [4.69, 9.17) is 5.53 Å². The molecule has 0 saturated carbocycles. The van der Waals surface area contributed by atoms with Crippen molar-refractivity contribution in [2.24, 2.45) is 5.11 Å². The average Bonchev–Trinajstić information content (AvgIpc) is 2.07. The van der Waals surface area contributed by atoms with Crippen LogP contribution in [0.2, 0.25) is 0 Å². The summed E-state index contributed by atoms with van der Waals surface area (Å²) >= 11 is 0. The molecule has 0 aliphatic rings. The molecule has 0 fully saturated rings. The predicted molar refractivity (Wildman–Crippen MR) is 46.0 cm³/mol. The second kappa shape index (κ2) is 3.97. The minimum Gasteiger partial charge on any atom is -0.391 e. The van der Waals surface area contributed by atoms with Gasteiger partial charge >= 0.3 is 0 Å². The normalized spacial score (nSPS) is 15.2. The Bertz CT molecular complexity index is 246. The van der Waals surface area contributed by atoms with Crippen molar-refractivity contribution in [3.05, 3.63) is 35.9 Å². The molecule has 0 unspecified atom stereocenters. The highest BCUT2D eigenvalue weighted by atomic mass is 16.3. The zero-order valence-corrected chi connectivity index (χ0v) is 6.94. The Morgan fingerprint density at radius 2 is 1.92 bits per heavy atom. The van der Waals surface area contributed by atoms with Gasteiger partial charge in [0, 0.05) is 0 Å². The fraction of sp³-hybridized carbons (Fsp3) is 0.333. The van der Waals surface area contributed by atoms with Crippen LogP contribution in [-0.4, -0.2) is 11.2 Å². The number of hydrogen-bond donors (Lipinski definition) is 2. The van der Waals surface area contributed by atoms with Gasteiger partial charge in [0.15, 0.2) is 0 Å². The highest BCUT2D eigenvalue weighted by molar-refractivity contribution is 5.19. The number of nitrogens with zero attached hydrogens (tertiary/aromatic N) is 1. The number of aliphatic hydroxyl groups excluding tert-OH is 1. The zero-order valence-electron chi connectivity index (χ0n) is 6.94. The minimum absolute atomic E-state index is 0.425. The summed E-state index contributed by atoms with van der Waals surface area (Å²) in [5, 5.41) is 12.6. The van der Waals surface area contributed by atoms with E-state index in [0.717, 1.165) is 5.56 Å². The Morgan fingerprint density at radius 3 is 2.33 bits per heavy atom. The Balaban J connectivity index is 2.88. The number of hydrogen-bond acceptors (Lipinski definition) is 3. The monoisotopic (exact) mass is 164 g/mol. The molecule has 0 aliphatic heterocycles. The Kier molecular flexibility index (Phi) is 2.94. The van der Waals surface area contributed by atoms with Crippen LogP contribution in [0.25, 0.3) is 0 Å². The first kappa shape index (κ1) is 8.87. The molecular formula is C9H12N2O. The third-order valence-electron chi connectivity index (χ3n) is 1.74. The molecular weight excluding hydrogens is 152 g/mol. The van der Waals surface area contributed by atoms with Crippen LogP contribution in [0.15, 0.2) is 35.4 Å². The van der Waals surface area contributed by atoms with E-state index in [1.54, 1.807) is 6.92 Å². The molecule has 0 bridgehead atoms. The van der Waals surface area contributed by atoms with E-state index in [1.165, 1.54) is 0 Å². The molecule has 12 heavy (non-hydrogen) atoms. The average molecular weight is 164 g/mol. The molecule has 0 amide bonds. The molecule has 1 aromatic rings. The molecule has 1 aromatic carbocycles. The van der Waals surface area contributed by atoms with Crippen molar-refractivity contribution in [1.82, 2.24) is 0 Å². The fourth-order valence-corrected chi connectivity index (χ4v) is 1.11. The van der Waals surface area contributed by atoms with Crippen LogP contribution < -0.4 is 0 Å². The van der Waals surface area contributed by atoms with E-state index in [0.29, 0.717) is 0 Å². The molecule has 2 atom stereocenters. The van der Waals surface area contributed by atoms with Crippen molar-refractivity contribution in [1.29, 1.82) is 5.53 Å². The van der Waals surface area contributed by atoms with Crippen LogP contribution in [-0.2, 0) is 0 Å². The van der Waals surface area contributed by atoms with Gasteiger partial charge in [-0.05, 0) is 12.5 Å². The van der Waals surface area contributed by atoms with E-state index < -0.39 is 12.1 Å². The van der Waals surface area contributed by atoms with Gasteiger partial charge in [0.05, 0.1) is 6.10 Å². The van der Waals surface area contributed by atoms with Gasteiger partial charge in [-0.2, -0.15) is 5.11 Å². The Labute approximate surface area is 71.6 Å². The highest BCUT2D eigenvalue weighted by Crippen LogP contribution is 2.20. The summed E-state index contributed by atoms with van der Waals surface area (Å²) in [6.07, 6.45) is -0.607. The molecule has 2 N–H and O–H groups in total. The van der Waals surface area contributed by atoms with E-state index in [1.807, 2.05) is 30.3 Å². The van der Waals surface area contributed by atoms with Crippen molar-refractivity contribution < 1.29 is 5.11 Å². The molecule has 0 aliphatic carbocycles. The van der Waals surface area contributed by atoms with E-state index >= 15 is 0 Å². The first-order valence-corrected chi connectivity index (χ1v) is 3.85. The number of benzene rings is 1. The highest BCUT2D eigenvalue weighted by Gasteiger charge is 2.14. The van der Waals surface area contributed by atoms with Crippen LogP contribution in [0.5, 0.6) is 0 Å². The molecule has 64 valence electrons. The molecule has 0 radical (unpaired) electrons. The van der Waals surface area contributed by atoms with Gasteiger partial charge in [0.25, 0.3) is 0 Å². The largest absolute Gasteiger partial charge is 0.391 e. The van der Waals surface area contributed by atoms with Crippen molar-refractivity contribution in [2.75, 3.05) is 0 Å². The van der Waals surface area contributed by atoms with Gasteiger partial charge in [-0.15, -0.1) is 0 Å². The summed E-state index contributed by atoms with van der Waals surface area (Å²) in [6.45, 7) is 1.63. The smallest absolute Gasteiger partial charge is 0.121 e. The Hall–Kier alpha value is -1.22. The van der Waals surface area contributed by atoms with E-state index in [2.05, 4.69) is 5.11 Å². The topological polar surface area (TPSA) is 56.4 Å². The van der Waals surface area contributed by atoms with Crippen LogP contribution in [0.3, 0.4) is 0 Å². The lowest BCUT2D eigenvalue weighted by molar-refractivity contribution is 0.161. The second-order valence-corrected chi connectivity index (χ2v) is 2.73. The van der Waals surface area contributed by atoms with Crippen molar-refractivity contribution in [2.45, 2.75) is 19.1 Å². The van der Waals surface area contributed by atoms with Crippen LogP contribution in [0.4, 0.5) is 0 Å². The van der Waals surface area contributed by atoms with Crippen molar-refractivity contribution in [3.8, 4) is 0 Å². The van der Waals surface area contributed by atoms with Gasteiger partial charge < -0.3 is 5.11 Å². The summed E-state index contributed by atoms with van der Waals surface area (Å²) in [4.78, 5) is 0. The van der Waals surface area contributed by atoms with Crippen LogP contribution >= 0.6 is 0 Å². The third-order valence-corrected chi connectivity index (χ3v) is 1.74. The molecule has 3 heteroatoms. The van der Waals surface area contributed by atoms with Gasteiger partial charge in [-0.1, -0.05) is 30.3 Å². The first-order chi connectivity index (χ1) is 5.75. The minimum atomic E-state index is -0.607. The lowest BCUT2D eigenvalue weighted by Gasteiger charge is -2.13. The lowest BCUT2D eigenvalue weighted by atomic mass is 10.0. The maximum Gasteiger partial charge on any atom is 0.121 e. The van der Waals surface area contributed by atoms with E-state index in [-0.39, 0.29) is 0 Å². The third kappa shape index (κ3) is 1.89. The predicted octanol–water partition coefficient (Wildman–Crippen LogP) is 2.14. The summed E-state index contributed by atoms with van der Waals surface area (Å²) in [7, 11) is 0. The summed E-state index contributed by atoms with van der Waals surface area (Å²) < 4.78 is 0. The van der Waals surface area contributed by atoms with E-state index in [9.17, 15) is 5.11 Å². The van der Waals surface area contributed by atoms with Gasteiger partial charge in [0.1, 0.15) is 6.04 Å². The SMILES string of the molecule is C[C@@H](O)[C@@H](N=N)c1ccccc1. The Morgan fingerprint density at radius 1 is 1.33 bits per heavy atom. The summed E-state index contributed by atoms with van der Waals surface area (Å²) in [6, 6.07) is 8.93. The van der Waals surface area contributed by atoms with Crippen molar-refractivity contribution >= 4 is 0 Å². The fourth-order valence-electron chi connectivity index (χ4n) is 1.11. The maximum atomic E-state index is 9.25. The molecule has 0 saturated heterocycles. The zero-order chi connectivity index (χ0) is 8.97. The summed E-state index contributed by atoms with van der Waals surface area (Å²) in [5.74, 6) is 0.